The molecule has 3 atom stereocenters. The van der Waals surface area contributed by atoms with Crippen LogP contribution < -0.4 is 5.32 Å². The van der Waals surface area contributed by atoms with Gasteiger partial charge in [0.2, 0.25) is 0 Å². The van der Waals surface area contributed by atoms with Crippen LogP contribution in [0.4, 0.5) is 5.69 Å². The Morgan fingerprint density at radius 2 is 2.05 bits per heavy atom. The zero-order chi connectivity index (χ0) is 14.1. The van der Waals surface area contributed by atoms with Crippen molar-refractivity contribution in [3.63, 3.8) is 0 Å². The Bertz CT molecular complexity index is 611. The first kappa shape index (κ1) is 13.7. The molecule has 1 aromatic carbocycles. The van der Waals surface area contributed by atoms with Gasteiger partial charge in [0.25, 0.3) is 0 Å². The van der Waals surface area contributed by atoms with Gasteiger partial charge in [0.1, 0.15) is 0 Å². The van der Waals surface area contributed by atoms with Gasteiger partial charge in [0.15, 0.2) is 0 Å². The molecule has 1 N–H and O–H groups in total. The summed E-state index contributed by atoms with van der Waals surface area (Å²) in [5.41, 5.74) is 2.04. The van der Waals surface area contributed by atoms with Crippen molar-refractivity contribution in [1.82, 2.24) is 4.98 Å². The second-order valence-electron chi connectivity index (χ2n) is 6.14. The smallest absolute Gasteiger partial charge is 0.0908 e. The van der Waals surface area contributed by atoms with E-state index in [1.165, 1.54) is 19.3 Å². The molecule has 1 fully saturated rings. The summed E-state index contributed by atoms with van der Waals surface area (Å²) in [6.07, 6.45) is 5.66. The SMILES string of the molecule is CC1CCC(Nc2ccc(Cl)c3ncccc23)C(C)C1. The molecule has 2 aromatic rings. The third kappa shape index (κ3) is 2.62. The number of anilines is 1. The number of nitrogens with one attached hydrogen (secondary N) is 1. The molecule has 1 heterocycles. The quantitative estimate of drug-likeness (QED) is 0.829. The number of pyridine rings is 1. The van der Waals surface area contributed by atoms with Crippen LogP contribution >= 0.6 is 11.6 Å². The summed E-state index contributed by atoms with van der Waals surface area (Å²) in [5, 5.41) is 5.56. The van der Waals surface area contributed by atoms with Crippen LogP contribution in [0.25, 0.3) is 10.9 Å². The first-order valence-corrected chi connectivity index (χ1v) is 7.82. The highest BCUT2D eigenvalue weighted by molar-refractivity contribution is 6.35. The third-order valence-electron chi connectivity index (χ3n) is 4.49. The van der Waals surface area contributed by atoms with Crippen LogP contribution in [-0.2, 0) is 0 Å². The van der Waals surface area contributed by atoms with Crippen molar-refractivity contribution < 1.29 is 0 Å². The Morgan fingerprint density at radius 3 is 2.85 bits per heavy atom. The first-order valence-electron chi connectivity index (χ1n) is 7.45. The third-order valence-corrected chi connectivity index (χ3v) is 4.80. The fraction of sp³-hybridized carbons (Fsp3) is 0.471. The minimum atomic E-state index is 0.552. The molecule has 106 valence electrons. The molecule has 2 nitrogen and oxygen atoms in total. The van der Waals surface area contributed by atoms with Gasteiger partial charge in [-0.1, -0.05) is 25.4 Å². The van der Waals surface area contributed by atoms with E-state index in [2.05, 4.69) is 36.3 Å². The first-order chi connectivity index (χ1) is 9.65. The van der Waals surface area contributed by atoms with Crippen LogP contribution in [0.15, 0.2) is 30.5 Å². The minimum absolute atomic E-state index is 0.552. The maximum Gasteiger partial charge on any atom is 0.0908 e. The highest BCUT2D eigenvalue weighted by Crippen LogP contribution is 2.34. The fourth-order valence-corrected chi connectivity index (χ4v) is 3.56. The molecule has 0 aliphatic heterocycles. The summed E-state index contributed by atoms with van der Waals surface area (Å²) in [6.45, 7) is 4.71. The second-order valence-corrected chi connectivity index (χ2v) is 6.55. The van der Waals surface area contributed by atoms with Crippen LogP contribution in [0.3, 0.4) is 0 Å². The zero-order valence-electron chi connectivity index (χ0n) is 12.1. The number of benzene rings is 1. The molecule has 3 rings (SSSR count). The Balaban J connectivity index is 1.90. The summed E-state index contributed by atoms with van der Waals surface area (Å²) in [5.74, 6) is 1.56. The van der Waals surface area contributed by atoms with Crippen LogP contribution in [0.5, 0.6) is 0 Å². The number of rotatable bonds is 2. The zero-order valence-corrected chi connectivity index (χ0v) is 12.8. The van der Waals surface area contributed by atoms with Crippen LogP contribution in [0, 0.1) is 11.8 Å². The largest absolute Gasteiger partial charge is 0.381 e. The number of aromatic nitrogens is 1. The lowest BCUT2D eigenvalue weighted by Gasteiger charge is -2.34. The van der Waals surface area contributed by atoms with Crippen LogP contribution in [0.1, 0.15) is 33.1 Å². The topological polar surface area (TPSA) is 24.9 Å². The molecular weight excluding hydrogens is 268 g/mol. The molecule has 0 spiro atoms. The van der Waals surface area contributed by atoms with Crippen molar-refractivity contribution in [3.05, 3.63) is 35.5 Å². The summed E-state index contributed by atoms with van der Waals surface area (Å²) in [6, 6.07) is 8.63. The van der Waals surface area contributed by atoms with E-state index in [4.69, 9.17) is 11.6 Å². The van der Waals surface area contributed by atoms with Crippen molar-refractivity contribution in [1.29, 1.82) is 0 Å². The number of fused-ring (bicyclic) bond motifs is 1. The normalized spacial score (nSPS) is 26.6. The van der Waals surface area contributed by atoms with Gasteiger partial charge >= 0.3 is 0 Å². The molecule has 0 bridgehead atoms. The van der Waals surface area contributed by atoms with E-state index in [1.54, 1.807) is 6.20 Å². The molecule has 0 saturated heterocycles. The average molecular weight is 289 g/mol. The van der Waals surface area contributed by atoms with Crippen LogP contribution in [-0.4, -0.2) is 11.0 Å². The fourth-order valence-electron chi connectivity index (χ4n) is 3.34. The average Bonchev–Trinajstić information content (AvgIpc) is 2.45. The van der Waals surface area contributed by atoms with E-state index >= 15 is 0 Å². The van der Waals surface area contributed by atoms with E-state index in [1.807, 2.05) is 12.1 Å². The summed E-state index contributed by atoms with van der Waals surface area (Å²) in [4.78, 5) is 4.39. The highest BCUT2D eigenvalue weighted by atomic mass is 35.5. The Kier molecular flexibility index (Phi) is 3.84. The van der Waals surface area contributed by atoms with E-state index in [9.17, 15) is 0 Å². The number of hydrogen-bond acceptors (Lipinski definition) is 2. The molecule has 3 heteroatoms. The molecule has 1 aromatic heterocycles. The number of halogens is 1. The van der Waals surface area contributed by atoms with E-state index in [0.717, 1.165) is 27.5 Å². The van der Waals surface area contributed by atoms with Gasteiger partial charge in [0.05, 0.1) is 10.5 Å². The lowest BCUT2D eigenvalue weighted by molar-refractivity contribution is 0.276. The van der Waals surface area contributed by atoms with Gasteiger partial charge in [-0.2, -0.15) is 0 Å². The maximum absolute atomic E-state index is 6.23. The van der Waals surface area contributed by atoms with Gasteiger partial charge < -0.3 is 5.32 Å². The van der Waals surface area contributed by atoms with Crippen LogP contribution in [0.2, 0.25) is 5.02 Å². The van der Waals surface area contributed by atoms with Gasteiger partial charge in [-0.05, 0) is 55.4 Å². The van der Waals surface area contributed by atoms with Crippen molar-refractivity contribution in [2.45, 2.75) is 39.2 Å². The van der Waals surface area contributed by atoms with Crippen molar-refractivity contribution in [2.75, 3.05) is 5.32 Å². The maximum atomic E-state index is 6.23. The summed E-state index contributed by atoms with van der Waals surface area (Å²) < 4.78 is 0. The van der Waals surface area contributed by atoms with E-state index in [0.29, 0.717) is 12.0 Å². The summed E-state index contributed by atoms with van der Waals surface area (Å²) in [7, 11) is 0. The number of nitrogens with zero attached hydrogens (tertiary/aromatic N) is 1. The molecule has 1 aliphatic carbocycles. The van der Waals surface area contributed by atoms with E-state index in [-0.39, 0.29) is 0 Å². The predicted molar refractivity (Wildman–Crippen MR) is 86.3 cm³/mol. The van der Waals surface area contributed by atoms with Gasteiger partial charge in [-0.25, -0.2) is 0 Å². The molecule has 0 radical (unpaired) electrons. The minimum Gasteiger partial charge on any atom is -0.381 e. The van der Waals surface area contributed by atoms with Crippen molar-refractivity contribution >= 4 is 28.2 Å². The lowest BCUT2D eigenvalue weighted by atomic mass is 9.80. The molecular formula is C17H21ClN2. The Hall–Kier alpha value is -1.28. The number of hydrogen-bond donors (Lipinski definition) is 1. The van der Waals surface area contributed by atoms with E-state index < -0.39 is 0 Å². The highest BCUT2D eigenvalue weighted by Gasteiger charge is 2.25. The second kappa shape index (κ2) is 5.61. The molecule has 0 amide bonds. The van der Waals surface area contributed by atoms with Gasteiger partial charge in [0, 0.05) is 23.3 Å². The Labute approximate surface area is 125 Å². The standard InChI is InChI=1S/C17H21ClN2/c1-11-5-7-15(12(2)10-11)20-16-8-6-14(18)17-13(16)4-3-9-19-17/h3-4,6,8-9,11-12,15,20H,5,7,10H2,1-2H3. The predicted octanol–water partition coefficient (Wildman–Crippen LogP) is 5.12. The summed E-state index contributed by atoms with van der Waals surface area (Å²) >= 11 is 6.23. The van der Waals surface area contributed by atoms with Crippen molar-refractivity contribution in [3.8, 4) is 0 Å². The Morgan fingerprint density at radius 1 is 1.20 bits per heavy atom. The van der Waals surface area contributed by atoms with Gasteiger partial charge in [-0.15, -0.1) is 0 Å². The van der Waals surface area contributed by atoms with Crippen molar-refractivity contribution in [2.24, 2.45) is 11.8 Å². The molecule has 20 heavy (non-hydrogen) atoms. The monoisotopic (exact) mass is 288 g/mol. The molecule has 1 saturated carbocycles. The molecule has 3 unspecified atom stereocenters. The molecule has 1 aliphatic rings. The lowest BCUT2D eigenvalue weighted by Crippen LogP contribution is -2.33. The van der Waals surface area contributed by atoms with Gasteiger partial charge in [-0.3, -0.25) is 4.98 Å².